The molecular formula is C23H34O4S. The van der Waals surface area contributed by atoms with Crippen molar-refractivity contribution in [3.05, 3.63) is 45.6 Å². The number of hydrogen-bond acceptors (Lipinski definition) is 5. The van der Waals surface area contributed by atoms with Crippen molar-refractivity contribution in [2.45, 2.75) is 67.4 Å². The van der Waals surface area contributed by atoms with Crippen LogP contribution in [-0.4, -0.2) is 25.8 Å². The van der Waals surface area contributed by atoms with Crippen molar-refractivity contribution in [2.24, 2.45) is 0 Å². The van der Waals surface area contributed by atoms with Gasteiger partial charge in [0.15, 0.2) is 5.09 Å². The Balaban J connectivity index is 0.00000190. The lowest BCUT2D eigenvalue weighted by molar-refractivity contribution is 0.0599. The van der Waals surface area contributed by atoms with Gasteiger partial charge in [0.25, 0.3) is 0 Å². The monoisotopic (exact) mass is 406 g/mol. The number of methoxy groups -OCH3 is 1. The van der Waals surface area contributed by atoms with Crippen molar-refractivity contribution >= 4 is 22.6 Å². The van der Waals surface area contributed by atoms with Gasteiger partial charge >= 0.3 is 5.97 Å². The molecule has 0 N–H and O–H groups in total. The molecule has 0 spiro atoms. The van der Waals surface area contributed by atoms with E-state index in [4.69, 9.17) is 14.2 Å². The van der Waals surface area contributed by atoms with Gasteiger partial charge in [0, 0.05) is 22.5 Å². The number of esters is 1. The number of allylic oxidation sites excluding steroid dienone is 2. The van der Waals surface area contributed by atoms with Crippen molar-refractivity contribution in [3.63, 3.8) is 0 Å². The molecule has 0 aliphatic carbocycles. The number of benzene rings is 1. The lowest BCUT2D eigenvalue weighted by Crippen LogP contribution is -2.08. The van der Waals surface area contributed by atoms with E-state index in [0.717, 1.165) is 45.3 Å². The van der Waals surface area contributed by atoms with E-state index < -0.39 is 0 Å². The first-order valence-corrected chi connectivity index (χ1v) is 10.8. The second kappa shape index (κ2) is 11.8. The number of carbonyl (C=O) groups is 1. The highest BCUT2D eigenvalue weighted by molar-refractivity contribution is 8.11. The molecule has 0 unspecified atom stereocenters. The third kappa shape index (κ3) is 5.81. The molecule has 2 rings (SSSR count). The number of carbonyl (C=O) groups excluding carboxylic acids is 1. The molecule has 1 aromatic carbocycles. The molecule has 1 aromatic rings. The first kappa shape index (κ1) is 24.2. The molecule has 0 aromatic heterocycles. The fraction of sp³-hybridized carbons (Fsp3) is 0.522. The van der Waals surface area contributed by atoms with Gasteiger partial charge in [-0.15, -0.1) is 0 Å². The third-order valence-electron chi connectivity index (χ3n) is 4.02. The predicted molar refractivity (Wildman–Crippen MR) is 119 cm³/mol. The molecule has 5 heteroatoms. The first-order valence-electron chi connectivity index (χ1n) is 10.0. The summed E-state index contributed by atoms with van der Waals surface area (Å²) < 4.78 is 16.8. The van der Waals surface area contributed by atoms with Crippen LogP contribution in [0.5, 0.6) is 5.75 Å². The smallest absolute Gasteiger partial charge is 0.338 e. The lowest BCUT2D eigenvalue weighted by atomic mass is 9.96. The maximum atomic E-state index is 12.2. The van der Waals surface area contributed by atoms with Gasteiger partial charge in [-0.1, -0.05) is 38.6 Å². The van der Waals surface area contributed by atoms with Gasteiger partial charge in [-0.05, 0) is 51.8 Å². The minimum atomic E-state index is -0.304. The Hall–Kier alpha value is -1.88. The number of thioether (sulfide) groups is 1. The Morgan fingerprint density at radius 1 is 1.36 bits per heavy atom. The summed E-state index contributed by atoms with van der Waals surface area (Å²) in [6.45, 7) is 14.6. The van der Waals surface area contributed by atoms with Crippen molar-refractivity contribution in [3.8, 4) is 5.75 Å². The van der Waals surface area contributed by atoms with Gasteiger partial charge in [-0.25, -0.2) is 4.79 Å². The van der Waals surface area contributed by atoms with Gasteiger partial charge < -0.3 is 14.2 Å². The summed E-state index contributed by atoms with van der Waals surface area (Å²) >= 11 is 1.59. The summed E-state index contributed by atoms with van der Waals surface area (Å²) in [6.07, 6.45) is 5.88. The number of rotatable bonds is 7. The highest BCUT2D eigenvalue weighted by Crippen LogP contribution is 2.44. The number of fused-ring (bicyclic) bond motifs is 1. The maximum Gasteiger partial charge on any atom is 0.338 e. The maximum absolute atomic E-state index is 12.2. The molecule has 0 amide bonds. The standard InChI is InChI=1S/C21H28O4S.C2H6/c1-7-9-17(26-18(8-2)25-13(3)4)16-12-14(5)19(21(22)23-6)15-10-11-24-20(15)16;1-2/h8-9,12-13H,7,10-11H2,1-6H3;1-2H3/b17-9+,18-8-;. The van der Waals surface area contributed by atoms with Gasteiger partial charge in [0.05, 0.1) is 25.4 Å². The molecule has 0 saturated heterocycles. The zero-order chi connectivity index (χ0) is 21.3. The number of ether oxygens (including phenoxy) is 3. The average Bonchev–Trinajstić information content (AvgIpc) is 3.16. The molecule has 1 aliphatic rings. The molecular weight excluding hydrogens is 372 g/mol. The second-order valence-corrected chi connectivity index (χ2v) is 7.41. The summed E-state index contributed by atoms with van der Waals surface area (Å²) in [5.74, 6) is 0.491. The molecule has 0 atom stereocenters. The zero-order valence-corrected chi connectivity index (χ0v) is 19.3. The largest absolute Gasteiger partial charge is 0.492 e. The fourth-order valence-electron chi connectivity index (χ4n) is 2.98. The van der Waals surface area contributed by atoms with E-state index in [9.17, 15) is 4.79 Å². The quantitative estimate of drug-likeness (QED) is 0.381. The summed E-state index contributed by atoms with van der Waals surface area (Å²) in [7, 11) is 1.41. The summed E-state index contributed by atoms with van der Waals surface area (Å²) in [4.78, 5) is 13.3. The van der Waals surface area contributed by atoms with Gasteiger partial charge in [0.2, 0.25) is 0 Å². The van der Waals surface area contributed by atoms with Crippen LogP contribution in [0.4, 0.5) is 0 Å². The molecule has 156 valence electrons. The normalized spacial score (nSPS) is 13.5. The minimum absolute atomic E-state index is 0.113. The van der Waals surface area contributed by atoms with Crippen LogP contribution in [0.2, 0.25) is 0 Å². The topological polar surface area (TPSA) is 44.8 Å². The van der Waals surface area contributed by atoms with Crippen molar-refractivity contribution in [2.75, 3.05) is 13.7 Å². The van der Waals surface area contributed by atoms with E-state index in [1.807, 2.05) is 53.7 Å². The van der Waals surface area contributed by atoms with E-state index in [0.29, 0.717) is 12.2 Å². The fourth-order valence-corrected chi connectivity index (χ4v) is 4.07. The lowest BCUT2D eigenvalue weighted by Gasteiger charge is -2.18. The third-order valence-corrected chi connectivity index (χ3v) is 5.16. The van der Waals surface area contributed by atoms with Gasteiger partial charge in [-0.2, -0.15) is 0 Å². The van der Waals surface area contributed by atoms with Crippen LogP contribution in [0.25, 0.3) is 4.91 Å². The summed E-state index contributed by atoms with van der Waals surface area (Å²) in [6, 6.07) is 2.02. The van der Waals surface area contributed by atoms with E-state index >= 15 is 0 Å². The first-order chi connectivity index (χ1) is 13.4. The molecule has 28 heavy (non-hydrogen) atoms. The van der Waals surface area contributed by atoms with Crippen LogP contribution in [-0.2, 0) is 15.9 Å². The second-order valence-electron chi connectivity index (χ2n) is 6.37. The zero-order valence-electron chi connectivity index (χ0n) is 18.5. The Morgan fingerprint density at radius 2 is 2.04 bits per heavy atom. The molecule has 1 aliphatic heterocycles. The highest BCUT2D eigenvalue weighted by Gasteiger charge is 2.28. The molecule has 1 heterocycles. The summed E-state index contributed by atoms with van der Waals surface area (Å²) in [5, 5.41) is 0.862. The van der Waals surface area contributed by atoms with E-state index in [2.05, 4.69) is 13.0 Å². The van der Waals surface area contributed by atoms with Crippen LogP contribution < -0.4 is 4.74 Å². The number of aryl methyl sites for hydroxylation is 1. The highest BCUT2D eigenvalue weighted by atomic mass is 32.2. The van der Waals surface area contributed by atoms with Crippen molar-refractivity contribution in [1.82, 2.24) is 0 Å². The minimum Gasteiger partial charge on any atom is -0.492 e. The summed E-state index contributed by atoms with van der Waals surface area (Å²) in [5.41, 5.74) is 3.50. The van der Waals surface area contributed by atoms with Crippen LogP contribution in [0.3, 0.4) is 0 Å². The molecule has 0 fully saturated rings. The van der Waals surface area contributed by atoms with Crippen molar-refractivity contribution in [1.29, 1.82) is 0 Å². The molecule has 4 nitrogen and oxygen atoms in total. The van der Waals surface area contributed by atoms with E-state index in [1.54, 1.807) is 11.8 Å². The van der Waals surface area contributed by atoms with E-state index in [-0.39, 0.29) is 12.1 Å². The Bertz CT molecular complexity index is 733. The van der Waals surface area contributed by atoms with Crippen LogP contribution in [0.1, 0.15) is 75.0 Å². The molecule has 0 bridgehead atoms. The van der Waals surface area contributed by atoms with Crippen LogP contribution >= 0.6 is 11.8 Å². The predicted octanol–water partition coefficient (Wildman–Crippen LogP) is 6.51. The average molecular weight is 407 g/mol. The molecule has 0 radical (unpaired) electrons. The number of hydrogen-bond donors (Lipinski definition) is 0. The van der Waals surface area contributed by atoms with Crippen LogP contribution in [0, 0.1) is 6.92 Å². The SMILES string of the molecule is C/C=C(/OC(C)C)S/C(=C/CC)c1cc(C)c(C(=O)OC)c2c1OCC2.CC. The Morgan fingerprint density at radius 3 is 2.57 bits per heavy atom. The Kier molecular flexibility index (Phi) is 10.2. The van der Waals surface area contributed by atoms with E-state index in [1.165, 1.54) is 7.11 Å². The van der Waals surface area contributed by atoms with Gasteiger partial charge in [-0.3, -0.25) is 0 Å². The van der Waals surface area contributed by atoms with Crippen molar-refractivity contribution < 1.29 is 19.0 Å². The molecule has 0 saturated carbocycles. The Labute approximate surface area is 174 Å². The van der Waals surface area contributed by atoms with Gasteiger partial charge in [0.1, 0.15) is 5.75 Å². The van der Waals surface area contributed by atoms with Crippen LogP contribution in [0.15, 0.2) is 23.3 Å².